The van der Waals surface area contributed by atoms with Crippen molar-refractivity contribution in [3.63, 3.8) is 0 Å². The third-order valence-electron chi connectivity index (χ3n) is 3.44. The smallest absolute Gasteiger partial charge is 0.229 e. The van der Waals surface area contributed by atoms with Crippen molar-refractivity contribution in [2.24, 2.45) is 0 Å². The number of aromatic amines is 1. The van der Waals surface area contributed by atoms with Gasteiger partial charge in [-0.15, -0.1) is 0 Å². The molecule has 4 rings (SSSR count). The van der Waals surface area contributed by atoms with Crippen LogP contribution in [0.3, 0.4) is 0 Å². The molecule has 0 unspecified atom stereocenters. The number of benzene rings is 1. The topological polar surface area (TPSA) is 118 Å². The molecule has 0 saturated heterocycles. The van der Waals surface area contributed by atoms with E-state index in [0.29, 0.717) is 29.0 Å². The van der Waals surface area contributed by atoms with Gasteiger partial charge in [-0.1, -0.05) is 0 Å². The lowest BCUT2D eigenvalue weighted by Gasteiger charge is -2.07. The minimum absolute atomic E-state index is 0.469. The van der Waals surface area contributed by atoms with Gasteiger partial charge in [0, 0.05) is 23.6 Å². The number of anilines is 5. The average molecular weight is 333 g/mol. The lowest BCUT2D eigenvalue weighted by Crippen LogP contribution is -2.00. The summed E-state index contributed by atoms with van der Waals surface area (Å²) < 4.78 is 5.33. The Morgan fingerprint density at radius 1 is 1.00 bits per heavy atom. The van der Waals surface area contributed by atoms with E-state index in [9.17, 15) is 0 Å². The Bertz CT molecular complexity index is 961. The number of hydrogen-bond acceptors (Lipinski definition) is 7. The Labute approximate surface area is 143 Å². The Morgan fingerprint density at radius 2 is 1.88 bits per heavy atom. The highest BCUT2D eigenvalue weighted by molar-refractivity contribution is 5.62. The van der Waals surface area contributed by atoms with Crippen molar-refractivity contribution in [1.29, 1.82) is 0 Å². The molecule has 8 nitrogen and oxygen atoms in total. The Hall–Kier alpha value is -3.81. The molecular formula is C17H15N7O. The standard InChI is InChI=1S/C17H15N7O/c18-11-3-5-12(6-4-11)20-17-19-8-7-15(22-17)21-16-10-13(23-24-16)14-2-1-9-25-14/h1-10H,18H2,(H3,19,20,21,22,23,24). The van der Waals surface area contributed by atoms with E-state index in [2.05, 4.69) is 30.8 Å². The molecule has 0 atom stereocenters. The van der Waals surface area contributed by atoms with Gasteiger partial charge < -0.3 is 20.8 Å². The molecule has 0 fully saturated rings. The van der Waals surface area contributed by atoms with Gasteiger partial charge in [0.1, 0.15) is 11.5 Å². The van der Waals surface area contributed by atoms with Crippen molar-refractivity contribution in [3.05, 3.63) is 61.0 Å². The Morgan fingerprint density at radius 3 is 2.68 bits per heavy atom. The number of H-pyrrole nitrogens is 1. The zero-order chi connectivity index (χ0) is 17.1. The molecule has 0 aliphatic heterocycles. The van der Waals surface area contributed by atoms with E-state index in [1.165, 1.54) is 0 Å². The summed E-state index contributed by atoms with van der Waals surface area (Å²) >= 11 is 0. The van der Waals surface area contributed by atoms with Gasteiger partial charge in [0.15, 0.2) is 11.6 Å². The molecule has 8 heteroatoms. The number of nitrogens with zero attached hydrogens (tertiary/aromatic N) is 3. The van der Waals surface area contributed by atoms with Crippen molar-refractivity contribution in [2.45, 2.75) is 0 Å². The van der Waals surface area contributed by atoms with Crippen LogP contribution < -0.4 is 16.4 Å². The van der Waals surface area contributed by atoms with Crippen LogP contribution in [0.4, 0.5) is 29.0 Å². The fourth-order valence-electron chi connectivity index (χ4n) is 2.26. The van der Waals surface area contributed by atoms with E-state index in [-0.39, 0.29) is 0 Å². The minimum Gasteiger partial charge on any atom is -0.463 e. The lowest BCUT2D eigenvalue weighted by molar-refractivity contribution is 0.580. The SMILES string of the molecule is Nc1ccc(Nc2nccc(Nc3cc(-c4ccco4)[nH]n3)n2)cc1. The zero-order valence-electron chi connectivity index (χ0n) is 13.1. The second-order valence-corrected chi connectivity index (χ2v) is 5.28. The first kappa shape index (κ1) is 14.8. The summed E-state index contributed by atoms with van der Waals surface area (Å²) in [6.07, 6.45) is 3.28. The van der Waals surface area contributed by atoms with E-state index >= 15 is 0 Å². The van der Waals surface area contributed by atoms with Crippen molar-refractivity contribution in [2.75, 3.05) is 16.4 Å². The van der Waals surface area contributed by atoms with E-state index in [1.807, 2.05) is 42.5 Å². The third-order valence-corrected chi connectivity index (χ3v) is 3.44. The molecule has 1 aromatic carbocycles. The minimum atomic E-state index is 0.469. The molecule has 0 saturated carbocycles. The first-order valence-electron chi connectivity index (χ1n) is 7.58. The number of rotatable bonds is 5. The summed E-state index contributed by atoms with van der Waals surface area (Å²) in [6, 6.07) is 14.6. The summed E-state index contributed by atoms with van der Waals surface area (Å²) in [5.41, 5.74) is 8.02. The lowest BCUT2D eigenvalue weighted by atomic mass is 10.3. The van der Waals surface area contributed by atoms with E-state index < -0.39 is 0 Å². The first-order valence-corrected chi connectivity index (χ1v) is 7.58. The molecule has 0 aliphatic carbocycles. The van der Waals surface area contributed by atoms with Crippen LogP contribution in [-0.2, 0) is 0 Å². The highest BCUT2D eigenvalue weighted by atomic mass is 16.3. The molecule has 0 spiro atoms. The average Bonchev–Trinajstić information content (AvgIpc) is 3.29. The van der Waals surface area contributed by atoms with E-state index in [4.69, 9.17) is 10.2 Å². The maximum absolute atomic E-state index is 5.68. The summed E-state index contributed by atoms with van der Waals surface area (Å²) in [5.74, 6) is 2.43. The zero-order valence-corrected chi connectivity index (χ0v) is 13.1. The maximum Gasteiger partial charge on any atom is 0.229 e. The molecule has 25 heavy (non-hydrogen) atoms. The van der Waals surface area contributed by atoms with Crippen molar-refractivity contribution >= 4 is 29.0 Å². The summed E-state index contributed by atoms with van der Waals surface area (Å²) in [7, 11) is 0. The van der Waals surface area contributed by atoms with Gasteiger partial charge in [-0.3, -0.25) is 5.10 Å². The first-order chi connectivity index (χ1) is 12.3. The van der Waals surface area contributed by atoms with Crippen LogP contribution in [-0.4, -0.2) is 20.2 Å². The monoisotopic (exact) mass is 333 g/mol. The number of hydrogen-bond donors (Lipinski definition) is 4. The summed E-state index contributed by atoms with van der Waals surface area (Å²) in [4.78, 5) is 8.62. The third kappa shape index (κ3) is 3.42. The fourth-order valence-corrected chi connectivity index (χ4v) is 2.26. The highest BCUT2D eigenvalue weighted by Crippen LogP contribution is 2.22. The normalized spacial score (nSPS) is 10.6. The van der Waals surface area contributed by atoms with Crippen molar-refractivity contribution < 1.29 is 4.42 Å². The van der Waals surface area contributed by atoms with E-state index in [0.717, 1.165) is 11.4 Å². The van der Waals surface area contributed by atoms with Gasteiger partial charge in [-0.05, 0) is 42.5 Å². The molecule has 3 heterocycles. The summed E-state index contributed by atoms with van der Waals surface area (Å²) in [5, 5.41) is 13.4. The number of furan rings is 1. The maximum atomic E-state index is 5.68. The van der Waals surface area contributed by atoms with Crippen LogP contribution in [0.25, 0.3) is 11.5 Å². The van der Waals surface area contributed by atoms with Crippen LogP contribution in [0.2, 0.25) is 0 Å². The number of nitrogens with one attached hydrogen (secondary N) is 3. The van der Waals surface area contributed by atoms with Gasteiger partial charge in [0.25, 0.3) is 0 Å². The second kappa shape index (κ2) is 6.36. The van der Waals surface area contributed by atoms with Crippen LogP contribution in [0.5, 0.6) is 0 Å². The number of nitrogens with two attached hydrogens (primary N) is 1. The predicted molar refractivity (Wildman–Crippen MR) is 95.7 cm³/mol. The van der Waals surface area contributed by atoms with Crippen LogP contribution in [0, 0.1) is 0 Å². The molecule has 124 valence electrons. The molecule has 0 amide bonds. The molecule has 0 aliphatic rings. The van der Waals surface area contributed by atoms with Gasteiger partial charge in [-0.25, -0.2) is 4.98 Å². The Balaban J connectivity index is 1.49. The largest absolute Gasteiger partial charge is 0.463 e. The number of aromatic nitrogens is 4. The summed E-state index contributed by atoms with van der Waals surface area (Å²) in [6.45, 7) is 0. The van der Waals surface area contributed by atoms with Crippen LogP contribution in [0.1, 0.15) is 0 Å². The van der Waals surface area contributed by atoms with Crippen molar-refractivity contribution in [1.82, 2.24) is 20.2 Å². The van der Waals surface area contributed by atoms with Gasteiger partial charge in [0.2, 0.25) is 5.95 Å². The molecular weight excluding hydrogens is 318 g/mol. The van der Waals surface area contributed by atoms with Gasteiger partial charge >= 0.3 is 0 Å². The van der Waals surface area contributed by atoms with Gasteiger partial charge in [-0.2, -0.15) is 10.1 Å². The molecule has 4 aromatic rings. The van der Waals surface area contributed by atoms with E-state index in [1.54, 1.807) is 18.5 Å². The molecule has 0 radical (unpaired) electrons. The second-order valence-electron chi connectivity index (χ2n) is 5.28. The Kier molecular flexibility index (Phi) is 3.76. The number of nitrogen functional groups attached to an aromatic ring is 1. The van der Waals surface area contributed by atoms with Crippen LogP contribution >= 0.6 is 0 Å². The quantitative estimate of drug-likeness (QED) is 0.413. The molecule has 3 aromatic heterocycles. The predicted octanol–water partition coefficient (Wildman–Crippen LogP) is 3.53. The van der Waals surface area contributed by atoms with Gasteiger partial charge in [0.05, 0.1) is 6.26 Å². The fraction of sp³-hybridized carbons (Fsp3) is 0. The van der Waals surface area contributed by atoms with Crippen molar-refractivity contribution in [3.8, 4) is 11.5 Å². The molecule has 5 N–H and O–H groups in total. The highest BCUT2D eigenvalue weighted by Gasteiger charge is 2.07. The van der Waals surface area contributed by atoms with Crippen LogP contribution in [0.15, 0.2) is 65.4 Å². The molecule has 0 bridgehead atoms.